The van der Waals surface area contributed by atoms with Crippen molar-refractivity contribution < 1.29 is 4.42 Å². The van der Waals surface area contributed by atoms with Crippen molar-refractivity contribution in [2.45, 2.75) is 0 Å². The summed E-state index contributed by atoms with van der Waals surface area (Å²) < 4.78 is 6.66. The van der Waals surface area contributed by atoms with Crippen molar-refractivity contribution in [2.75, 3.05) is 0 Å². The van der Waals surface area contributed by atoms with E-state index in [0.717, 1.165) is 27.3 Å². The van der Waals surface area contributed by atoms with Gasteiger partial charge < -0.3 is 4.42 Å². The van der Waals surface area contributed by atoms with Crippen LogP contribution in [0.15, 0.2) is 138 Å². The van der Waals surface area contributed by atoms with Gasteiger partial charge in [0.1, 0.15) is 73.9 Å². The Kier molecular flexibility index (Phi) is 8.02. The van der Waals surface area contributed by atoms with E-state index in [9.17, 15) is 0 Å². The Bertz CT molecular complexity index is 3580. The zero-order chi connectivity index (χ0) is 40.4. The molecule has 1 nitrogen and oxygen atoms in total. The summed E-state index contributed by atoms with van der Waals surface area (Å²) in [6.07, 6.45) is 0. The Balaban J connectivity index is 1.28. The van der Waals surface area contributed by atoms with Gasteiger partial charge in [-0.2, -0.15) is 0 Å². The molecule has 0 bridgehead atoms. The molecule has 0 unspecified atom stereocenters. The number of furan rings is 1. The molecule has 59 heavy (non-hydrogen) atoms. The lowest BCUT2D eigenvalue weighted by Crippen LogP contribution is -2.50. The third-order valence-electron chi connectivity index (χ3n) is 14.3. The van der Waals surface area contributed by atoms with Gasteiger partial charge in [0, 0.05) is 16.2 Å². The van der Waals surface area contributed by atoms with Crippen LogP contribution in [0, 0.1) is 0 Å². The molecule has 0 spiro atoms. The fourth-order valence-corrected chi connectivity index (χ4v) is 10.5. The molecule has 268 valence electrons. The minimum absolute atomic E-state index is 0.920. The maximum atomic E-state index is 6.66. The van der Waals surface area contributed by atoms with Crippen LogP contribution in [-0.2, 0) is 0 Å². The average Bonchev–Trinajstić information content (AvgIpc) is 3.66. The van der Waals surface area contributed by atoms with Gasteiger partial charge in [0.25, 0.3) is 0 Å². The average molecular weight is 741 g/mol. The summed E-state index contributed by atoms with van der Waals surface area (Å²) in [6.45, 7) is 0. The summed E-state index contributed by atoms with van der Waals surface area (Å²) in [5.41, 5.74) is 20.3. The molecule has 10 aromatic carbocycles. The van der Waals surface area contributed by atoms with E-state index in [-0.39, 0.29) is 0 Å². The fraction of sp³-hybridized carbons (Fsp3) is 0. The van der Waals surface area contributed by atoms with E-state index in [2.05, 4.69) is 196 Å². The number of benzene rings is 10. The normalized spacial score (nSPS) is 11.9. The lowest BCUT2D eigenvalue weighted by molar-refractivity contribution is 0.672. The van der Waals surface area contributed by atoms with Crippen LogP contribution >= 0.6 is 0 Å². The smallest absolute Gasteiger partial charge is 0.143 e. The van der Waals surface area contributed by atoms with Crippen molar-refractivity contribution in [3.05, 3.63) is 133 Å². The number of hydrogen-bond donors (Lipinski definition) is 0. The molecule has 11 rings (SSSR count). The summed E-state index contributed by atoms with van der Waals surface area (Å²) >= 11 is 0. The van der Waals surface area contributed by atoms with Crippen LogP contribution in [-0.4, -0.2) is 62.8 Å². The molecule has 0 fully saturated rings. The van der Waals surface area contributed by atoms with Crippen molar-refractivity contribution in [3.63, 3.8) is 0 Å². The van der Waals surface area contributed by atoms with Crippen LogP contribution in [0.4, 0.5) is 0 Å². The van der Waals surface area contributed by atoms with Crippen LogP contribution in [0.25, 0.3) is 109 Å². The molecule has 0 saturated carbocycles. The van der Waals surface area contributed by atoms with Gasteiger partial charge in [0.15, 0.2) is 0 Å². The standard InChI is InChI=1S/C50H38B8O/c51-42-38-36(27-11-5-10-26(21-27)30-14-6-9-25-16-15-23-7-1-3-12-29(23)35(25)30)39-41(45(54)49(58)47(56)43(39)52)37(40(38)44(53)48(57)46(42)55)28-18-20-34-33(22-28)32-19-17-24-8-2-4-13-31(24)50(32)59-34/h1-22H,51-58H2. The van der Waals surface area contributed by atoms with Crippen molar-refractivity contribution in [1.29, 1.82) is 0 Å². The Morgan fingerprint density at radius 3 is 1.44 bits per heavy atom. The summed E-state index contributed by atoms with van der Waals surface area (Å²) in [6, 6.07) is 49.4. The molecule has 9 heteroatoms. The summed E-state index contributed by atoms with van der Waals surface area (Å²) in [4.78, 5) is 0. The Labute approximate surface area is 351 Å². The molecule has 0 aliphatic carbocycles. The van der Waals surface area contributed by atoms with Crippen molar-refractivity contribution in [2.24, 2.45) is 0 Å². The molecule has 1 aromatic heterocycles. The van der Waals surface area contributed by atoms with E-state index < -0.39 is 0 Å². The van der Waals surface area contributed by atoms with Gasteiger partial charge in [-0.3, -0.25) is 0 Å². The molecule has 0 atom stereocenters. The molecule has 1 heterocycles. The second-order valence-corrected chi connectivity index (χ2v) is 17.0. The first-order valence-corrected chi connectivity index (χ1v) is 20.9. The summed E-state index contributed by atoms with van der Waals surface area (Å²) in [5, 5.41) is 15.2. The lowest BCUT2D eigenvalue weighted by Gasteiger charge is -2.28. The first kappa shape index (κ1) is 35.9. The number of hydrogen-bond acceptors (Lipinski definition) is 1. The molecule has 0 radical (unpaired) electrons. The van der Waals surface area contributed by atoms with E-state index >= 15 is 0 Å². The van der Waals surface area contributed by atoms with Gasteiger partial charge in [-0.05, 0) is 106 Å². The van der Waals surface area contributed by atoms with Gasteiger partial charge in [-0.1, -0.05) is 131 Å². The Hall–Kier alpha value is -6.18. The molecule has 0 aliphatic heterocycles. The second kappa shape index (κ2) is 13.2. The van der Waals surface area contributed by atoms with Gasteiger partial charge in [0.2, 0.25) is 0 Å². The second-order valence-electron chi connectivity index (χ2n) is 17.0. The highest BCUT2D eigenvalue weighted by Crippen LogP contribution is 2.44. The van der Waals surface area contributed by atoms with Crippen molar-refractivity contribution in [1.82, 2.24) is 0 Å². The van der Waals surface area contributed by atoms with E-state index in [1.807, 2.05) is 0 Å². The Morgan fingerprint density at radius 2 is 0.797 bits per heavy atom. The Morgan fingerprint density at radius 1 is 0.305 bits per heavy atom. The van der Waals surface area contributed by atoms with E-state index in [0.29, 0.717) is 0 Å². The topological polar surface area (TPSA) is 13.1 Å². The molecule has 0 saturated heterocycles. The highest BCUT2D eigenvalue weighted by molar-refractivity contribution is 6.71. The molecular weight excluding hydrogens is 703 g/mol. The maximum Gasteiger partial charge on any atom is 0.143 e. The van der Waals surface area contributed by atoms with Crippen LogP contribution in [0.1, 0.15) is 0 Å². The predicted molar refractivity (Wildman–Crippen MR) is 283 cm³/mol. The maximum absolute atomic E-state index is 6.66. The number of rotatable bonds is 3. The van der Waals surface area contributed by atoms with Crippen LogP contribution < -0.4 is 43.7 Å². The molecule has 11 aromatic rings. The molecule has 0 N–H and O–H groups in total. The minimum Gasteiger partial charge on any atom is -0.455 e. The highest BCUT2D eigenvalue weighted by Gasteiger charge is 2.26. The van der Waals surface area contributed by atoms with Gasteiger partial charge >= 0.3 is 0 Å². The first-order valence-electron chi connectivity index (χ1n) is 20.9. The number of fused-ring (bicyclic) bond motifs is 10. The van der Waals surface area contributed by atoms with E-state index in [4.69, 9.17) is 4.42 Å². The predicted octanol–water partition coefficient (Wildman–Crippen LogP) is 0.420. The van der Waals surface area contributed by atoms with Crippen LogP contribution in [0.5, 0.6) is 0 Å². The highest BCUT2D eigenvalue weighted by atomic mass is 16.3. The monoisotopic (exact) mass is 742 g/mol. The van der Waals surface area contributed by atoms with Gasteiger partial charge in [0.05, 0.1) is 0 Å². The van der Waals surface area contributed by atoms with Gasteiger partial charge in [-0.15, -0.1) is 21.9 Å². The quantitative estimate of drug-likeness (QED) is 0.146. The van der Waals surface area contributed by atoms with Crippen LogP contribution in [0.2, 0.25) is 0 Å². The summed E-state index contributed by atoms with van der Waals surface area (Å²) in [5.74, 6) is 0. The largest absolute Gasteiger partial charge is 0.455 e. The molecule has 0 amide bonds. The first-order chi connectivity index (χ1) is 28.6. The SMILES string of the molecule is Bc1c(B)c(B)c2c(-c3ccc4oc5c6ccccc6ccc5c4c3)c3c(B)c(B)c(B)c(B)c3c(-c3cccc(-c4cccc5ccc6ccccc6c45)c3)c2c1B. The fourth-order valence-electron chi connectivity index (χ4n) is 10.5. The molecular formula is C50H38B8O. The zero-order valence-electron chi connectivity index (χ0n) is 35.1. The minimum atomic E-state index is 0.920. The lowest BCUT2D eigenvalue weighted by atomic mass is 9.59. The van der Waals surface area contributed by atoms with Crippen molar-refractivity contribution in [3.8, 4) is 33.4 Å². The summed E-state index contributed by atoms with van der Waals surface area (Å²) in [7, 11) is 18.7. The zero-order valence-corrected chi connectivity index (χ0v) is 35.1. The third-order valence-corrected chi connectivity index (χ3v) is 14.3. The van der Waals surface area contributed by atoms with Gasteiger partial charge in [-0.25, -0.2) is 0 Å². The third kappa shape index (κ3) is 5.10. The van der Waals surface area contributed by atoms with Crippen LogP contribution in [0.3, 0.4) is 0 Å². The van der Waals surface area contributed by atoms with E-state index in [1.165, 1.54) is 126 Å². The van der Waals surface area contributed by atoms with E-state index in [1.54, 1.807) is 0 Å². The van der Waals surface area contributed by atoms with Crippen molar-refractivity contribution >= 4 is 182 Å². The molecule has 0 aliphatic rings.